The predicted molar refractivity (Wildman–Crippen MR) is 221 cm³/mol. The van der Waals surface area contributed by atoms with Gasteiger partial charge in [-0.1, -0.05) is 16.8 Å². The number of nitrogen functional groups attached to an aromatic ring is 1. The van der Waals surface area contributed by atoms with Gasteiger partial charge < -0.3 is 55.5 Å². The molecule has 0 spiro atoms. The van der Waals surface area contributed by atoms with E-state index in [1.165, 1.54) is 43.3 Å². The van der Waals surface area contributed by atoms with Gasteiger partial charge in [-0.05, 0) is 33.6 Å². The Morgan fingerprint density at radius 3 is 2.43 bits per heavy atom. The number of aromatic hydroxyl groups is 2. The number of halogens is 1. The Kier molecular flexibility index (Phi) is 10.5. The number of thiazole rings is 1. The van der Waals surface area contributed by atoms with Gasteiger partial charge in [0.2, 0.25) is 11.0 Å². The lowest BCUT2D eigenvalue weighted by Crippen LogP contribution is -2.72. The molecule has 0 radical (unpaired) electrons. The quantitative estimate of drug-likeness (QED) is 0.0463. The van der Waals surface area contributed by atoms with Crippen molar-refractivity contribution in [1.82, 2.24) is 25.1 Å². The molecule has 9 rings (SSSR count). The number of benzene rings is 1. The topological polar surface area (TPSA) is 279 Å². The third-order valence-electron chi connectivity index (χ3n) is 12.6. The molecular formula is C39H43ClN8O11S2. The van der Waals surface area contributed by atoms with Crippen molar-refractivity contribution >= 4 is 86.1 Å². The number of carbonyl (C=O) groups is 5. The van der Waals surface area contributed by atoms with Crippen molar-refractivity contribution in [2.75, 3.05) is 38.5 Å². The van der Waals surface area contributed by atoms with Gasteiger partial charge in [-0.15, -0.1) is 23.1 Å². The minimum Gasteiger partial charge on any atom is -0.543 e. The van der Waals surface area contributed by atoms with Gasteiger partial charge in [0.05, 0.1) is 47.2 Å². The summed E-state index contributed by atoms with van der Waals surface area (Å²) < 4.78 is 2.33. The molecule has 6 aliphatic rings. The van der Waals surface area contributed by atoms with Crippen LogP contribution in [0.2, 0.25) is 5.02 Å². The smallest absolute Gasteiger partial charge is 0.350 e. The number of phenolic OH excluding ortho intramolecular Hbond substituents is 2. The summed E-state index contributed by atoms with van der Waals surface area (Å²) in [6, 6.07) is 0.151. The fourth-order valence-electron chi connectivity index (χ4n) is 8.67. The van der Waals surface area contributed by atoms with Crippen LogP contribution in [0.4, 0.5) is 5.13 Å². The highest BCUT2D eigenvalue weighted by molar-refractivity contribution is 8.00. The highest BCUT2D eigenvalue weighted by atomic mass is 35.5. The van der Waals surface area contributed by atoms with E-state index in [1.807, 2.05) is 6.92 Å². The number of carboxylic acids is 2. The number of oxime groups is 1. The monoisotopic (exact) mass is 898 g/mol. The molecular weight excluding hydrogens is 856 g/mol. The van der Waals surface area contributed by atoms with Crippen LogP contribution in [-0.2, 0) is 24.0 Å². The van der Waals surface area contributed by atoms with Crippen LogP contribution < -0.4 is 26.9 Å². The molecule has 1 aliphatic carbocycles. The third-order valence-corrected chi connectivity index (χ3v) is 15.1. The zero-order chi connectivity index (χ0) is 43.9. The lowest BCUT2D eigenvalue weighted by atomic mass is 9.70. The van der Waals surface area contributed by atoms with E-state index in [2.05, 4.69) is 20.8 Å². The summed E-state index contributed by atoms with van der Waals surface area (Å²) in [6.45, 7) is 7.03. The molecule has 22 heteroatoms. The molecule has 2 bridgehead atoms. The van der Waals surface area contributed by atoms with Gasteiger partial charge in [-0.3, -0.25) is 24.1 Å². The van der Waals surface area contributed by atoms with Crippen LogP contribution in [0.25, 0.3) is 10.9 Å². The molecule has 1 saturated carbocycles. The van der Waals surface area contributed by atoms with Crippen molar-refractivity contribution in [3.8, 4) is 11.5 Å². The number of aliphatic carboxylic acids is 2. The summed E-state index contributed by atoms with van der Waals surface area (Å²) in [5.41, 5.74) is 3.17. The molecule has 4 saturated heterocycles. The minimum atomic E-state index is -1.81. The van der Waals surface area contributed by atoms with Gasteiger partial charge in [-0.2, -0.15) is 0 Å². The first-order valence-corrected chi connectivity index (χ1v) is 21.8. The van der Waals surface area contributed by atoms with Gasteiger partial charge >= 0.3 is 5.97 Å². The highest BCUT2D eigenvalue weighted by Crippen LogP contribution is 2.49. The second-order valence-electron chi connectivity index (χ2n) is 17.0. The number of phenols is 2. The summed E-state index contributed by atoms with van der Waals surface area (Å²) in [7, 11) is 0. The van der Waals surface area contributed by atoms with Crippen molar-refractivity contribution in [1.29, 1.82) is 0 Å². The second-order valence-corrected chi connectivity index (χ2v) is 19.7. The number of nitrogens with zero attached hydrogens (tertiary/aromatic N) is 5. The fraction of sp³-hybridized carbons (Fsp3) is 0.487. The number of aromatic nitrogens is 2. The normalized spacial score (nSPS) is 26.2. The number of pyridine rings is 1. The van der Waals surface area contributed by atoms with E-state index in [-0.39, 0.29) is 49.2 Å². The van der Waals surface area contributed by atoms with Crippen LogP contribution in [0, 0.1) is 5.41 Å². The second kappa shape index (κ2) is 15.2. The van der Waals surface area contributed by atoms with E-state index in [1.54, 1.807) is 4.57 Å². The van der Waals surface area contributed by atoms with E-state index in [0.717, 1.165) is 29.1 Å². The maximum absolute atomic E-state index is 13.7. The van der Waals surface area contributed by atoms with Crippen LogP contribution in [0.15, 0.2) is 38.9 Å². The van der Waals surface area contributed by atoms with E-state index in [4.69, 9.17) is 22.2 Å². The van der Waals surface area contributed by atoms with E-state index in [0.29, 0.717) is 67.6 Å². The molecule has 61 heavy (non-hydrogen) atoms. The zero-order valence-corrected chi connectivity index (χ0v) is 35.6. The van der Waals surface area contributed by atoms with Gasteiger partial charge in [0.25, 0.3) is 17.7 Å². The molecule has 0 unspecified atom stereocenters. The summed E-state index contributed by atoms with van der Waals surface area (Å²) in [5, 5.41) is 52.1. The maximum Gasteiger partial charge on any atom is 0.350 e. The number of hydrogen-bond donors (Lipinski definition) is 6. The molecule has 7 heterocycles. The molecule has 5 aliphatic heterocycles. The lowest BCUT2D eigenvalue weighted by molar-refractivity contribution is -0.941. The first-order chi connectivity index (χ1) is 28.7. The molecule has 5 fully saturated rings. The minimum absolute atomic E-state index is 0.00613. The number of carboxylic acid groups (broad SMARTS) is 2. The van der Waals surface area contributed by atoms with Gasteiger partial charge in [0.15, 0.2) is 22.3 Å². The van der Waals surface area contributed by atoms with Crippen molar-refractivity contribution < 1.29 is 53.7 Å². The molecule has 3 atom stereocenters. The Hall–Kier alpha value is -5.38. The van der Waals surface area contributed by atoms with Crippen LogP contribution in [0.5, 0.6) is 11.5 Å². The number of hydrogen-bond acceptors (Lipinski definition) is 15. The Morgan fingerprint density at radius 1 is 1.16 bits per heavy atom. The fourth-order valence-corrected chi connectivity index (χ4v) is 10.9. The molecule has 7 N–H and O–H groups in total. The Labute approximate surface area is 360 Å². The average molecular weight is 899 g/mol. The number of anilines is 1. The van der Waals surface area contributed by atoms with Crippen molar-refractivity contribution in [3.05, 3.63) is 55.4 Å². The average Bonchev–Trinajstić information content (AvgIpc) is 3.98. The van der Waals surface area contributed by atoms with Crippen LogP contribution in [-0.4, -0.2) is 125 Å². The molecule has 324 valence electrons. The number of amides is 3. The largest absolute Gasteiger partial charge is 0.543 e. The Morgan fingerprint density at radius 2 is 1.84 bits per heavy atom. The number of fused-ring (bicyclic) bond motifs is 5. The lowest BCUT2D eigenvalue weighted by Gasteiger charge is -2.57. The van der Waals surface area contributed by atoms with Crippen LogP contribution in [0.1, 0.15) is 75.0 Å². The summed E-state index contributed by atoms with van der Waals surface area (Å²) in [5.74, 6) is -6.08. The predicted octanol–water partition coefficient (Wildman–Crippen LogP) is 1.25. The summed E-state index contributed by atoms with van der Waals surface area (Å²) in [4.78, 5) is 89.3. The third kappa shape index (κ3) is 7.44. The number of nitrogens with one attached hydrogen (secondary N) is 2. The molecule has 2 aromatic heterocycles. The number of thioether (sulfide) groups is 1. The maximum atomic E-state index is 13.7. The molecule has 3 aromatic rings. The van der Waals surface area contributed by atoms with Crippen molar-refractivity contribution in [2.45, 2.75) is 81.2 Å². The Balaban J connectivity index is 0.948. The highest BCUT2D eigenvalue weighted by Gasteiger charge is 2.57. The standard InChI is InChI=1S/C39H43ClN8O11S2/c1-17-20(28(35(55)56)47-33(54)27(34(47)61-17)44-32(53)26(21-15-60-37(41)43-21)45-59-38(2,3)36(57)58)14-48-9-6-39(7-10-48,8-11-48)16-42-31(52)19-13-46(18-4-5-18)22-12-23(49)30(51)25(40)24(22)29(19)50/h12-13,15,17-18,27,34H,4-11,14,16H2,1-3H3,(H7-,41,42,43,44,45,49,50,51,52,53,55,56,57,58)/t17-,27+,34+,39?,48?/m0/s1. The summed E-state index contributed by atoms with van der Waals surface area (Å²) >= 11 is 8.66. The van der Waals surface area contributed by atoms with Crippen molar-refractivity contribution in [2.24, 2.45) is 10.6 Å². The van der Waals surface area contributed by atoms with Crippen molar-refractivity contribution in [3.63, 3.8) is 0 Å². The molecule has 1 aromatic carbocycles. The van der Waals surface area contributed by atoms with Gasteiger partial charge in [-0.25, -0.2) is 9.78 Å². The van der Waals surface area contributed by atoms with Gasteiger partial charge in [0.1, 0.15) is 29.2 Å². The van der Waals surface area contributed by atoms with Crippen LogP contribution >= 0.6 is 34.7 Å². The number of piperidine rings is 3. The molecule has 3 amide bonds. The molecule has 19 nitrogen and oxygen atoms in total. The van der Waals surface area contributed by atoms with E-state index in [9.17, 15) is 49.2 Å². The summed E-state index contributed by atoms with van der Waals surface area (Å²) in [6.07, 6.45) is 5.28. The SMILES string of the molecule is C[C@@H]1S[C@@H]2[C@H](NC(=O)C(=NOC(C)(C)C(=O)O)c3csc(N)n3)C(=O)N2C(C(=O)[O-])=C1C[N+]12CCC(CNC(=O)c3cn(C4CC4)c4cc(O)c(O)c(Cl)c4c3=O)(CC1)CC2. The van der Waals surface area contributed by atoms with E-state index >= 15 is 0 Å². The number of carbonyl (C=O) groups excluding carboxylic acids is 4. The first kappa shape index (κ1) is 42.3. The number of rotatable bonds is 13. The first-order valence-electron chi connectivity index (χ1n) is 19.6. The van der Waals surface area contributed by atoms with Crippen LogP contribution in [0.3, 0.4) is 0 Å². The van der Waals surface area contributed by atoms with E-state index < -0.39 is 69.3 Å². The zero-order valence-electron chi connectivity index (χ0n) is 33.2. The number of quaternary nitrogens is 1. The van der Waals surface area contributed by atoms with Gasteiger partial charge in [0, 0.05) is 65.7 Å². The Bertz CT molecular complexity index is 2530. The number of β-lactam (4-membered cyclic amide) rings is 1. The number of nitrogens with two attached hydrogens (primary N) is 1.